The molecule has 0 radical (unpaired) electrons. The van der Waals surface area contributed by atoms with Crippen LogP contribution in [0, 0.1) is 17.8 Å². The van der Waals surface area contributed by atoms with Crippen molar-refractivity contribution in [2.24, 2.45) is 17.8 Å². The maximum Gasteiger partial charge on any atom is 0.307 e. The molecule has 2 unspecified atom stereocenters. The number of rotatable bonds is 4. The third-order valence-corrected chi connectivity index (χ3v) is 4.78. The van der Waals surface area contributed by atoms with Crippen LogP contribution in [0.3, 0.4) is 0 Å². The molecule has 0 aromatic heterocycles. The van der Waals surface area contributed by atoms with Gasteiger partial charge in [0, 0.05) is 13.1 Å². The summed E-state index contributed by atoms with van der Waals surface area (Å²) in [5.74, 6) is -1.27. The van der Waals surface area contributed by atoms with Gasteiger partial charge in [-0.1, -0.05) is 20.3 Å². The van der Waals surface area contributed by atoms with Crippen molar-refractivity contribution in [1.29, 1.82) is 0 Å². The van der Waals surface area contributed by atoms with E-state index in [2.05, 4.69) is 6.92 Å². The van der Waals surface area contributed by atoms with Crippen molar-refractivity contribution in [2.45, 2.75) is 45.6 Å². The molecule has 114 valence electrons. The summed E-state index contributed by atoms with van der Waals surface area (Å²) in [6, 6.07) is 0. The molecule has 20 heavy (non-hydrogen) atoms. The van der Waals surface area contributed by atoms with Gasteiger partial charge in [-0.15, -0.1) is 0 Å². The molecule has 2 fully saturated rings. The molecular formula is C15H25NO4. The first-order chi connectivity index (χ1) is 9.56. The standard InChI is InChI=1S/C15H25NO4/c1-3-10-7-12(13(8-10)15(18)19)14(17)16-5-6-20-11(4-2)9-16/h10-13H,3-9H2,1-2H3,(H,18,19)/t10?,11?,12-,13+/m0/s1. The number of ether oxygens (including phenoxy) is 1. The van der Waals surface area contributed by atoms with Crippen LogP contribution in [0.25, 0.3) is 0 Å². The number of nitrogens with zero attached hydrogens (tertiary/aromatic N) is 1. The summed E-state index contributed by atoms with van der Waals surface area (Å²) < 4.78 is 5.58. The van der Waals surface area contributed by atoms with Crippen molar-refractivity contribution in [1.82, 2.24) is 4.90 Å². The van der Waals surface area contributed by atoms with Gasteiger partial charge in [-0.05, 0) is 25.2 Å². The number of morpholine rings is 1. The normalized spacial score (nSPS) is 34.2. The van der Waals surface area contributed by atoms with E-state index in [1.165, 1.54) is 0 Å². The summed E-state index contributed by atoms with van der Waals surface area (Å²) in [6.07, 6.45) is 3.30. The molecule has 1 amide bonds. The Morgan fingerprint density at radius 1 is 1.20 bits per heavy atom. The minimum absolute atomic E-state index is 0.0232. The van der Waals surface area contributed by atoms with Crippen molar-refractivity contribution in [3.8, 4) is 0 Å². The number of hydrogen-bond donors (Lipinski definition) is 1. The van der Waals surface area contributed by atoms with Crippen molar-refractivity contribution in [2.75, 3.05) is 19.7 Å². The molecular weight excluding hydrogens is 258 g/mol. The zero-order valence-electron chi connectivity index (χ0n) is 12.4. The Morgan fingerprint density at radius 3 is 2.50 bits per heavy atom. The average molecular weight is 283 g/mol. The quantitative estimate of drug-likeness (QED) is 0.853. The molecule has 1 saturated heterocycles. The predicted molar refractivity (Wildman–Crippen MR) is 74.2 cm³/mol. The van der Waals surface area contributed by atoms with Gasteiger partial charge in [-0.2, -0.15) is 0 Å². The van der Waals surface area contributed by atoms with Crippen molar-refractivity contribution in [3.63, 3.8) is 0 Å². The number of carboxylic acids is 1. The van der Waals surface area contributed by atoms with E-state index in [9.17, 15) is 14.7 Å². The predicted octanol–water partition coefficient (Wildman–Crippen LogP) is 1.76. The second-order valence-corrected chi connectivity index (χ2v) is 5.98. The largest absolute Gasteiger partial charge is 0.481 e. The Kier molecular flexibility index (Phi) is 5.02. The fraction of sp³-hybridized carbons (Fsp3) is 0.867. The van der Waals surface area contributed by atoms with Crippen LogP contribution in [0.4, 0.5) is 0 Å². The van der Waals surface area contributed by atoms with E-state index in [0.29, 0.717) is 32.0 Å². The average Bonchev–Trinajstić information content (AvgIpc) is 2.91. The zero-order chi connectivity index (χ0) is 14.7. The first-order valence-electron chi connectivity index (χ1n) is 7.69. The first-order valence-corrected chi connectivity index (χ1v) is 7.69. The topological polar surface area (TPSA) is 66.8 Å². The minimum Gasteiger partial charge on any atom is -0.481 e. The number of carbonyl (C=O) groups is 2. The van der Waals surface area contributed by atoms with Crippen molar-refractivity contribution in [3.05, 3.63) is 0 Å². The highest BCUT2D eigenvalue weighted by atomic mass is 16.5. The SMILES string of the molecule is CCC1C[C@H](C(=O)N2CCOC(CC)C2)[C@H](C(=O)O)C1. The summed E-state index contributed by atoms with van der Waals surface area (Å²) in [5, 5.41) is 9.35. The van der Waals surface area contributed by atoms with E-state index >= 15 is 0 Å². The molecule has 5 nitrogen and oxygen atoms in total. The van der Waals surface area contributed by atoms with Crippen LogP contribution in [0.2, 0.25) is 0 Å². The van der Waals surface area contributed by atoms with E-state index in [0.717, 1.165) is 19.3 Å². The monoisotopic (exact) mass is 283 g/mol. The van der Waals surface area contributed by atoms with Crippen LogP contribution >= 0.6 is 0 Å². The maximum absolute atomic E-state index is 12.6. The van der Waals surface area contributed by atoms with E-state index < -0.39 is 11.9 Å². The van der Waals surface area contributed by atoms with Crippen LogP contribution in [-0.4, -0.2) is 47.7 Å². The van der Waals surface area contributed by atoms with Gasteiger partial charge >= 0.3 is 5.97 Å². The van der Waals surface area contributed by atoms with Crippen LogP contribution < -0.4 is 0 Å². The lowest BCUT2D eigenvalue weighted by atomic mass is 9.94. The van der Waals surface area contributed by atoms with E-state index in [4.69, 9.17) is 4.74 Å². The highest BCUT2D eigenvalue weighted by Crippen LogP contribution is 2.39. The van der Waals surface area contributed by atoms with Crippen LogP contribution in [0.5, 0.6) is 0 Å². The first kappa shape index (κ1) is 15.3. The Bertz CT molecular complexity index is 371. The zero-order valence-corrected chi connectivity index (χ0v) is 12.4. The van der Waals surface area contributed by atoms with Crippen LogP contribution in [-0.2, 0) is 14.3 Å². The van der Waals surface area contributed by atoms with Crippen LogP contribution in [0.1, 0.15) is 39.5 Å². The van der Waals surface area contributed by atoms with E-state index in [1.54, 1.807) is 0 Å². The minimum atomic E-state index is -0.820. The van der Waals surface area contributed by atoms with Gasteiger partial charge in [-0.3, -0.25) is 9.59 Å². The highest BCUT2D eigenvalue weighted by molar-refractivity contribution is 5.85. The van der Waals surface area contributed by atoms with Gasteiger partial charge in [-0.25, -0.2) is 0 Å². The fourth-order valence-corrected chi connectivity index (χ4v) is 3.42. The third-order valence-electron chi connectivity index (χ3n) is 4.78. The molecule has 1 heterocycles. The lowest BCUT2D eigenvalue weighted by molar-refractivity contribution is -0.152. The molecule has 2 rings (SSSR count). The lowest BCUT2D eigenvalue weighted by Crippen LogP contribution is -2.48. The third kappa shape index (κ3) is 3.14. The van der Waals surface area contributed by atoms with Gasteiger partial charge in [0.15, 0.2) is 0 Å². The molecule has 0 aromatic rings. The number of aliphatic carboxylic acids is 1. The number of hydrogen-bond acceptors (Lipinski definition) is 3. The summed E-state index contributed by atoms with van der Waals surface area (Å²) in [4.78, 5) is 25.8. The Morgan fingerprint density at radius 2 is 1.90 bits per heavy atom. The van der Waals surface area contributed by atoms with Crippen molar-refractivity contribution >= 4 is 11.9 Å². The second kappa shape index (κ2) is 6.57. The molecule has 1 aliphatic heterocycles. The maximum atomic E-state index is 12.6. The number of carboxylic acid groups (broad SMARTS) is 1. The lowest BCUT2D eigenvalue weighted by Gasteiger charge is -2.34. The summed E-state index contributed by atoms with van der Waals surface area (Å²) in [5.41, 5.74) is 0. The van der Waals surface area contributed by atoms with Crippen LogP contribution in [0.15, 0.2) is 0 Å². The van der Waals surface area contributed by atoms with Gasteiger partial charge < -0.3 is 14.7 Å². The van der Waals surface area contributed by atoms with Crippen molar-refractivity contribution < 1.29 is 19.4 Å². The van der Waals surface area contributed by atoms with Gasteiger partial charge in [0.05, 0.1) is 24.5 Å². The Balaban J connectivity index is 2.04. The molecule has 5 heteroatoms. The van der Waals surface area contributed by atoms with Gasteiger partial charge in [0.1, 0.15) is 0 Å². The van der Waals surface area contributed by atoms with E-state index in [-0.39, 0.29) is 17.9 Å². The summed E-state index contributed by atoms with van der Waals surface area (Å²) >= 11 is 0. The Hall–Kier alpha value is -1.10. The van der Waals surface area contributed by atoms with Gasteiger partial charge in [0.2, 0.25) is 5.91 Å². The molecule has 0 spiro atoms. The van der Waals surface area contributed by atoms with E-state index in [1.807, 2.05) is 11.8 Å². The molecule has 1 aliphatic carbocycles. The fourth-order valence-electron chi connectivity index (χ4n) is 3.42. The van der Waals surface area contributed by atoms with Gasteiger partial charge in [0.25, 0.3) is 0 Å². The molecule has 4 atom stereocenters. The molecule has 2 aliphatic rings. The molecule has 1 N–H and O–H groups in total. The molecule has 1 saturated carbocycles. The smallest absolute Gasteiger partial charge is 0.307 e. The Labute approximate surface area is 120 Å². The summed E-state index contributed by atoms with van der Waals surface area (Å²) in [7, 11) is 0. The second-order valence-electron chi connectivity index (χ2n) is 5.98. The molecule has 0 bridgehead atoms. The number of amides is 1. The summed E-state index contributed by atoms with van der Waals surface area (Å²) in [6.45, 7) is 5.87. The number of carbonyl (C=O) groups excluding carboxylic acids is 1. The highest BCUT2D eigenvalue weighted by Gasteiger charge is 2.44. The molecule has 0 aromatic carbocycles.